The van der Waals surface area contributed by atoms with Crippen LogP contribution in [0.25, 0.3) is 0 Å². The van der Waals surface area contributed by atoms with Gasteiger partial charge in [-0.15, -0.1) is 0 Å². The Kier molecular flexibility index (Phi) is 3.45. The molecule has 0 amide bonds. The van der Waals surface area contributed by atoms with Crippen molar-refractivity contribution in [2.24, 2.45) is 0 Å². The third-order valence-electron chi connectivity index (χ3n) is 4.34. The first kappa shape index (κ1) is 15.1. The van der Waals surface area contributed by atoms with Crippen LogP contribution in [0.15, 0.2) is 42.5 Å². The highest BCUT2D eigenvalue weighted by molar-refractivity contribution is 7.80. The van der Waals surface area contributed by atoms with Crippen LogP contribution in [0.2, 0.25) is 10.0 Å². The second-order valence-corrected chi connectivity index (χ2v) is 7.18. The molecule has 2 aliphatic rings. The highest BCUT2D eigenvalue weighted by Gasteiger charge is 2.48. The summed E-state index contributed by atoms with van der Waals surface area (Å²) in [6.07, 6.45) is 0.767. The number of thiocarbonyl (C=S) groups is 1. The van der Waals surface area contributed by atoms with Crippen LogP contribution < -0.4 is 15.0 Å². The van der Waals surface area contributed by atoms with Crippen molar-refractivity contribution in [2.45, 2.75) is 25.1 Å². The highest BCUT2D eigenvalue weighted by Crippen LogP contribution is 2.48. The molecular weight excluding hydrogens is 351 g/mol. The Labute approximate surface area is 150 Å². The van der Waals surface area contributed by atoms with Gasteiger partial charge in [-0.1, -0.05) is 35.3 Å². The Balaban J connectivity index is 1.82. The van der Waals surface area contributed by atoms with Gasteiger partial charge in [-0.05, 0) is 49.5 Å². The summed E-state index contributed by atoms with van der Waals surface area (Å²) in [5.74, 6) is 0.724. The van der Waals surface area contributed by atoms with Gasteiger partial charge in [0.1, 0.15) is 5.75 Å². The van der Waals surface area contributed by atoms with Crippen LogP contribution in [0, 0.1) is 0 Å². The predicted octanol–water partition coefficient (Wildman–Crippen LogP) is 4.93. The topological polar surface area (TPSA) is 24.5 Å². The van der Waals surface area contributed by atoms with Gasteiger partial charge in [-0.2, -0.15) is 0 Å². The molecular formula is C17H14Cl2N2OS. The molecule has 23 heavy (non-hydrogen) atoms. The minimum atomic E-state index is -0.598. The maximum absolute atomic E-state index is 6.35. The first-order chi connectivity index (χ1) is 11.0. The smallest absolute Gasteiger partial charge is 0.188 e. The van der Waals surface area contributed by atoms with Crippen molar-refractivity contribution in [3.63, 3.8) is 0 Å². The molecule has 0 unspecified atom stereocenters. The number of hydrogen-bond acceptors (Lipinski definition) is 2. The van der Waals surface area contributed by atoms with Crippen molar-refractivity contribution in [1.82, 2.24) is 5.32 Å². The number of anilines is 1. The van der Waals surface area contributed by atoms with E-state index in [1.165, 1.54) is 0 Å². The summed E-state index contributed by atoms with van der Waals surface area (Å²) in [7, 11) is 0. The number of halogens is 2. The fourth-order valence-corrected chi connectivity index (χ4v) is 4.12. The predicted molar refractivity (Wildman–Crippen MR) is 97.5 cm³/mol. The van der Waals surface area contributed by atoms with E-state index in [1.807, 2.05) is 54.3 Å². The minimum Gasteiger partial charge on any atom is -0.466 e. The zero-order valence-electron chi connectivity index (χ0n) is 12.3. The summed E-state index contributed by atoms with van der Waals surface area (Å²) < 4.78 is 6.32. The summed E-state index contributed by atoms with van der Waals surface area (Å²) in [5, 5.41) is 5.34. The first-order valence-electron chi connectivity index (χ1n) is 7.32. The van der Waals surface area contributed by atoms with Crippen LogP contribution in [0.1, 0.15) is 24.9 Å². The van der Waals surface area contributed by atoms with Crippen molar-refractivity contribution in [1.29, 1.82) is 0 Å². The molecule has 1 saturated heterocycles. The van der Waals surface area contributed by atoms with Gasteiger partial charge in [0.2, 0.25) is 0 Å². The lowest BCUT2D eigenvalue weighted by atomic mass is 9.90. The quantitative estimate of drug-likeness (QED) is 0.725. The lowest BCUT2D eigenvalue weighted by Crippen LogP contribution is -2.65. The normalized spacial score (nSPS) is 25.4. The van der Waals surface area contributed by atoms with E-state index in [0.717, 1.165) is 23.4 Å². The lowest BCUT2D eigenvalue weighted by molar-refractivity contribution is 0.0499. The van der Waals surface area contributed by atoms with Gasteiger partial charge >= 0.3 is 0 Å². The number of nitrogens with one attached hydrogen (secondary N) is 1. The lowest BCUT2D eigenvalue weighted by Gasteiger charge is -2.52. The molecule has 2 aromatic carbocycles. The van der Waals surface area contributed by atoms with E-state index in [0.29, 0.717) is 15.2 Å². The summed E-state index contributed by atoms with van der Waals surface area (Å²) in [6.45, 7) is 2.04. The number of para-hydroxylation sites is 1. The molecule has 4 rings (SSSR count). The van der Waals surface area contributed by atoms with E-state index in [2.05, 4.69) is 5.32 Å². The Morgan fingerprint density at radius 2 is 1.96 bits per heavy atom. The Bertz CT molecular complexity index is 796. The number of fused-ring (bicyclic) bond motifs is 4. The number of ether oxygens (including phenoxy) is 1. The molecule has 0 spiro atoms. The summed E-state index contributed by atoms with van der Waals surface area (Å²) in [4.78, 5) is 1.99. The van der Waals surface area contributed by atoms with Crippen molar-refractivity contribution in [3.8, 4) is 5.75 Å². The number of hydrogen-bond donors (Lipinski definition) is 1. The van der Waals surface area contributed by atoms with E-state index >= 15 is 0 Å². The zero-order valence-corrected chi connectivity index (χ0v) is 14.7. The van der Waals surface area contributed by atoms with E-state index in [4.69, 9.17) is 40.2 Å². The molecule has 1 N–H and O–H groups in total. The molecule has 3 nitrogen and oxygen atoms in total. The van der Waals surface area contributed by atoms with Crippen LogP contribution in [0.5, 0.6) is 5.75 Å². The third-order valence-corrected chi connectivity index (χ3v) is 5.19. The van der Waals surface area contributed by atoms with Crippen molar-refractivity contribution < 1.29 is 4.74 Å². The van der Waals surface area contributed by atoms with E-state index in [1.54, 1.807) is 0 Å². The average molecular weight is 365 g/mol. The van der Waals surface area contributed by atoms with Crippen molar-refractivity contribution >= 4 is 46.2 Å². The van der Waals surface area contributed by atoms with Crippen LogP contribution in [-0.4, -0.2) is 10.8 Å². The fourth-order valence-electron chi connectivity index (χ4n) is 3.33. The highest BCUT2D eigenvalue weighted by atomic mass is 35.5. The molecule has 118 valence electrons. The molecule has 0 aliphatic carbocycles. The second kappa shape index (κ2) is 5.26. The number of rotatable bonds is 1. The summed E-state index contributed by atoms with van der Waals surface area (Å²) in [5.41, 5.74) is 1.38. The summed E-state index contributed by atoms with van der Waals surface area (Å²) in [6, 6.07) is 13.5. The van der Waals surface area contributed by atoms with E-state index in [-0.39, 0.29) is 6.04 Å². The molecule has 2 aromatic rings. The third kappa shape index (κ3) is 2.36. The van der Waals surface area contributed by atoms with Gasteiger partial charge in [-0.25, -0.2) is 0 Å². The molecule has 2 heterocycles. The van der Waals surface area contributed by atoms with Crippen molar-refractivity contribution in [3.05, 3.63) is 58.1 Å². The molecule has 2 atom stereocenters. The van der Waals surface area contributed by atoms with Gasteiger partial charge in [0.25, 0.3) is 0 Å². The molecule has 1 fully saturated rings. The fraction of sp³-hybridized carbons (Fsp3) is 0.235. The Hall–Kier alpha value is -1.49. The van der Waals surface area contributed by atoms with Crippen LogP contribution in [-0.2, 0) is 0 Å². The number of benzene rings is 2. The summed E-state index contributed by atoms with van der Waals surface area (Å²) >= 11 is 17.9. The maximum atomic E-state index is 6.35. The van der Waals surface area contributed by atoms with Crippen molar-refractivity contribution in [2.75, 3.05) is 4.90 Å². The van der Waals surface area contributed by atoms with Gasteiger partial charge in [-0.3, -0.25) is 4.90 Å². The number of nitrogens with zero attached hydrogens (tertiary/aromatic N) is 1. The molecule has 2 bridgehead atoms. The van der Waals surface area contributed by atoms with E-state index in [9.17, 15) is 0 Å². The van der Waals surface area contributed by atoms with Gasteiger partial charge in [0.15, 0.2) is 10.8 Å². The zero-order chi connectivity index (χ0) is 16.2. The first-order valence-corrected chi connectivity index (χ1v) is 8.48. The molecule has 2 aliphatic heterocycles. The van der Waals surface area contributed by atoms with Gasteiger partial charge < -0.3 is 10.1 Å². The van der Waals surface area contributed by atoms with Crippen LogP contribution in [0.3, 0.4) is 0 Å². The van der Waals surface area contributed by atoms with E-state index < -0.39 is 5.72 Å². The standard InChI is InChI=1S/C17H14Cl2N2OS/c1-17-9-14(12-3-2-4-13(19)15(12)22-17)20-16(23)21(17)11-7-5-10(18)6-8-11/h2-8,14H,9H2,1H3,(H,20,23)/t14-,17-/m1/s1. The minimum absolute atomic E-state index is 0.0958. The van der Waals surface area contributed by atoms with Crippen LogP contribution >= 0.6 is 35.4 Å². The molecule has 0 radical (unpaired) electrons. The monoisotopic (exact) mass is 364 g/mol. The second-order valence-electron chi connectivity index (χ2n) is 5.95. The SMILES string of the molecule is C[C@@]12C[C@@H](NC(=S)N1c1ccc(Cl)cc1)c1cccc(Cl)c1O2. The average Bonchev–Trinajstić information content (AvgIpc) is 2.50. The Morgan fingerprint density at radius 1 is 1.22 bits per heavy atom. The molecule has 0 saturated carbocycles. The Morgan fingerprint density at radius 3 is 2.70 bits per heavy atom. The molecule has 0 aromatic heterocycles. The largest absolute Gasteiger partial charge is 0.466 e. The van der Waals surface area contributed by atoms with Gasteiger partial charge in [0, 0.05) is 22.7 Å². The van der Waals surface area contributed by atoms with Gasteiger partial charge in [0.05, 0.1) is 11.1 Å². The van der Waals surface area contributed by atoms with Crippen LogP contribution in [0.4, 0.5) is 5.69 Å². The maximum Gasteiger partial charge on any atom is 0.188 e. The molecule has 6 heteroatoms.